The summed E-state index contributed by atoms with van der Waals surface area (Å²) in [4.78, 5) is 0.230. The third-order valence-electron chi connectivity index (χ3n) is 3.12. The van der Waals surface area contributed by atoms with E-state index in [1.165, 1.54) is 0 Å². The van der Waals surface area contributed by atoms with Gasteiger partial charge in [0.05, 0.1) is 11.1 Å². The lowest BCUT2D eigenvalue weighted by atomic mass is 10.2. The van der Waals surface area contributed by atoms with Crippen LogP contribution < -0.4 is 0 Å². The zero-order chi connectivity index (χ0) is 14.2. The first kappa shape index (κ1) is 12.7. The fourth-order valence-electron chi connectivity index (χ4n) is 2.03. The van der Waals surface area contributed by atoms with Crippen LogP contribution in [0.5, 0.6) is 0 Å². The quantitative estimate of drug-likeness (QED) is 0.726. The van der Waals surface area contributed by atoms with Crippen molar-refractivity contribution >= 4 is 20.6 Å². The number of fused-ring (bicyclic) bond motifs is 1. The fraction of sp³-hybridized carbons (Fsp3) is 0.0667. The Morgan fingerprint density at radius 3 is 2.40 bits per heavy atom. The zero-order valence-corrected chi connectivity index (χ0v) is 11.6. The van der Waals surface area contributed by atoms with Crippen molar-refractivity contribution in [3.05, 3.63) is 60.3 Å². The van der Waals surface area contributed by atoms with E-state index in [0.29, 0.717) is 5.39 Å². The van der Waals surface area contributed by atoms with Crippen molar-refractivity contribution < 1.29 is 8.42 Å². The predicted octanol–water partition coefficient (Wildman–Crippen LogP) is 2.77. The van der Waals surface area contributed by atoms with Gasteiger partial charge in [0.1, 0.15) is 0 Å². The van der Waals surface area contributed by atoms with Crippen LogP contribution in [0.2, 0.25) is 0 Å². The highest BCUT2D eigenvalue weighted by Gasteiger charge is 2.22. The summed E-state index contributed by atoms with van der Waals surface area (Å²) in [5.41, 5.74) is 1.01. The van der Waals surface area contributed by atoms with Gasteiger partial charge in [-0.1, -0.05) is 42.0 Å². The molecule has 3 rings (SSSR count). The number of sulfone groups is 1. The van der Waals surface area contributed by atoms with Gasteiger partial charge in [-0.05, 0) is 19.1 Å². The van der Waals surface area contributed by atoms with Gasteiger partial charge in [0, 0.05) is 10.8 Å². The van der Waals surface area contributed by atoms with E-state index in [4.69, 9.17) is 0 Å². The third kappa shape index (κ3) is 2.06. The Morgan fingerprint density at radius 2 is 1.65 bits per heavy atom. The van der Waals surface area contributed by atoms with E-state index in [1.807, 2.05) is 19.1 Å². The molecule has 0 atom stereocenters. The molecule has 0 amide bonds. The summed E-state index contributed by atoms with van der Waals surface area (Å²) in [7, 11) is -3.66. The summed E-state index contributed by atoms with van der Waals surface area (Å²) in [6.45, 7) is 1.91. The third-order valence-corrected chi connectivity index (χ3v) is 4.83. The molecule has 0 aliphatic carbocycles. The van der Waals surface area contributed by atoms with Crippen LogP contribution in [-0.4, -0.2) is 18.6 Å². The summed E-state index contributed by atoms with van der Waals surface area (Å²) < 4.78 is 25.3. The van der Waals surface area contributed by atoms with Crippen molar-refractivity contribution in [2.75, 3.05) is 0 Å². The molecule has 1 aromatic heterocycles. The number of rotatable bonds is 2. The Bertz CT molecular complexity index is 867. The number of hydrogen-bond acceptors (Lipinski definition) is 4. The van der Waals surface area contributed by atoms with Crippen LogP contribution in [0.4, 0.5) is 0 Å². The van der Waals surface area contributed by atoms with Gasteiger partial charge < -0.3 is 0 Å². The predicted molar refractivity (Wildman–Crippen MR) is 76.2 cm³/mol. The molecule has 4 nitrogen and oxygen atoms in total. The Hall–Kier alpha value is -2.27. The Kier molecular flexibility index (Phi) is 2.99. The van der Waals surface area contributed by atoms with Crippen molar-refractivity contribution in [2.24, 2.45) is 0 Å². The highest BCUT2D eigenvalue weighted by Crippen LogP contribution is 2.25. The van der Waals surface area contributed by atoms with Gasteiger partial charge in [0.15, 0.2) is 5.03 Å². The van der Waals surface area contributed by atoms with Crippen molar-refractivity contribution in [1.29, 1.82) is 0 Å². The molecule has 0 saturated heterocycles. The number of nitrogens with zero attached hydrogens (tertiary/aromatic N) is 2. The van der Waals surface area contributed by atoms with Gasteiger partial charge in [-0.2, -0.15) is 5.10 Å². The van der Waals surface area contributed by atoms with Crippen LogP contribution in [0, 0.1) is 6.92 Å². The maximum Gasteiger partial charge on any atom is 0.226 e. The molecule has 100 valence electrons. The van der Waals surface area contributed by atoms with E-state index in [9.17, 15) is 8.42 Å². The highest BCUT2D eigenvalue weighted by atomic mass is 32.2. The first-order valence-corrected chi connectivity index (χ1v) is 7.59. The van der Waals surface area contributed by atoms with E-state index in [0.717, 1.165) is 10.9 Å². The van der Waals surface area contributed by atoms with Gasteiger partial charge in [0.25, 0.3) is 0 Å². The number of aromatic nitrogens is 2. The van der Waals surface area contributed by atoms with Crippen LogP contribution in [0.1, 0.15) is 5.56 Å². The maximum atomic E-state index is 12.7. The van der Waals surface area contributed by atoms with E-state index in [-0.39, 0.29) is 9.92 Å². The molecule has 2 aromatic carbocycles. The van der Waals surface area contributed by atoms with Crippen LogP contribution >= 0.6 is 0 Å². The Morgan fingerprint density at radius 1 is 0.950 bits per heavy atom. The lowest BCUT2D eigenvalue weighted by Gasteiger charge is -2.06. The number of benzene rings is 2. The second kappa shape index (κ2) is 4.68. The molecule has 5 heteroatoms. The summed E-state index contributed by atoms with van der Waals surface area (Å²) in [5.74, 6) is 0. The average Bonchev–Trinajstić information content (AvgIpc) is 2.47. The van der Waals surface area contributed by atoms with Crippen molar-refractivity contribution in [1.82, 2.24) is 10.2 Å². The molecule has 0 fully saturated rings. The molecule has 0 N–H and O–H groups in total. The lowest BCUT2D eigenvalue weighted by molar-refractivity contribution is 0.591. The summed E-state index contributed by atoms with van der Waals surface area (Å²) in [6, 6.07) is 13.9. The van der Waals surface area contributed by atoms with E-state index >= 15 is 0 Å². The lowest BCUT2D eigenvalue weighted by Crippen LogP contribution is -2.06. The second-order valence-electron chi connectivity index (χ2n) is 4.55. The monoisotopic (exact) mass is 284 g/mol. The zero-order valence-electron chi connectivity index (χ0n) is 10.8. The van der Waals surface area contributed by atoms with Crippen LogP contribution in [-0.2, 0) is 9.84 Å². The van der Waals surface area contributed by atoms with Crippen molar-refractivity contribution in [3.8, 4) is 0 Å². The summed E-state index contributed by atoms with van der Waals surface area (Å²) in [5, 5.41) is 8.98. The van der Waals surface area contributed by atoms with Gasteiger partial charge in [0.2, 0.25) is 9.84 Å². The van der Waals surface area contributed by atoms with Gasteiger partial charge in [-0.15, -0.1) is 5.10 Å². The summed E-state index contributed by atoms with van der Waals surface area (Å²) in [6.07, 6.45) is 1.56. The molecule has 0 aliphatic heterocycles. The number of hydrogen-bond donors (Lipinski definition) is 0. The molecule has 0 unspecified atom stereocenters. The average molecular weight is 284 g/mol. The second-order valence-corrected chi connectivity index (χ2v) is 6.42. The topological polar surface area (TPSA) is 59.9 Å². The standard InChI is InChI=1S/C15H12N2O2S/c1-11-6-8-13(9-7-11)20(18,19)15-14-5-3-2-4-12(14)10-16-17-15/h2-10H,1H3. The van der Waals surface area contributed by atoms with E-state index in [1.54, 1.807) is 42.6 Å². The SMILES string of the molecule is Cc1ccc(S(=O)(=O)c2nncc3ccccc23)cc1. The van der Waals surface area contributed by atoms with Crippen molar-refractivity contribution in [2.45, 2.75) is 16.8 Å². The largest absolute Gasteiger partial charge is 0.226 e. The normalized spacial score (nSPS) is 11.7. The van der Waals surface area contributed by atoms with Crippen molar-refractivity contribution in [3.63, 3.8) is 0 Å². The van der Waals surface area contributed by atoms with Gasteiger partial charge in [-0.3, -0.25) is 0 Å². The first-order valence-electron chi connectivity index (χ1n) is 6.11. The molecule has 0 aliphatic rings. The van der Waals surface area contributed by atoms with Crippen LogP contribution in [0.25, 0.3) is 10.8 Å². The minimum atomic E-state index is -3.66. The molecule has 0 spiro atoms. The molecule has 20 heavy (non-hydrogen) atoms. The molecular weight excluding hydrogens is 272 g/mol. The molecular formula is C15H12N2O2S. The summed E-state index contributed by atoms with van der Waals surface area (Å²) >= 11 is 0. The van der Waals surface area contributed by atoms with Gasteiger partial charge >= 0.3 is 0 Å². The van der Waals surface area contributed by atoms with E-state index in [2.05, 4.69) is 10.2 Å². The Labute approximate surface area is 117 Å². The maximum absolute atomic E-state index is 12.7. The molecule has 1 heterocycles. The molecule has 3 aromatic rings. The molecule has 0 saturated carbocycles. The van der Waals surface area contributed by atoms with E-state index < -0.39 is 9.84 Å². The highest BCUT2D eigenvalue weighted by molar-refractivity contribution is 7.91. The Balaban J connectivity index is 2.27. The van der Waals surface area contributed by atoms with Crippen LogP contribution in [0.3, 0.4) is 0 Å². The fourth-order valence-corrected chi connectivity index (χ4v) is 3.38. The van der Waals surface area contributed by atoms with Crippen LogP contribution in [0.15, 0.2) is 64.6 Å². The minimum Gasteiger partial charge on any atom is -0.217 e. The first-order chi connectivity index (χ1) is 9.59. The number of aryl methyl sites for hydroxylation is 1. The minimum absolute atomic E-state index is 0.000506. The van der Waals surface area contributed by atoms with Gasteiger partial charge in [-0.25, -0.2) is 8.42 Å². The molecule has 0 bridgehead atoms. The molecule has 0 radical (unpaired) electrons. The smallest absolute Gasteiger partial charge is 0.217 e.